The van der Waals surface area contributed by atoms with Gasteiger partial charge in [-0.05, 0) is 176 Å². The van der Waals surface area contributed by atoms with E-state index >= 15 is 0 Å². The van der Waals surface area contributed by atoms with Crippen LogP contribution in [0.25, 0.3) is 21.5 Å². The van der Waals surface area contributed by atoms with Crippen molar-refractivity contribution in [3.8, 4) is 5.75 Å². The van der Waals surface area contributed by atoms with Crippen molar-refractivity contribution in [1.82, 2.24) is 15.4 Å². The molecule has 7 aliphatic heterocycles. The fourth-order valence-corrected chi connectivity index (χ4v) is 16.4. The van der Waals surface area contributed by atoms with E-state index in [0.717, 1.165) is 45.7 Å². The number of thiocarbonyl (C=S) groups is 1. The van der Waals surface area contributed by atoms with Crippen LogP contribution in [-0.2, 0) is 0 Å². The summed E-state index contributed by atoms with van der Waals surface area (Å²) in [6.07, 6.45) is 16.7. The third-order valence-electron chi connectivity index (χ3n) is 14.9. The molecule has 2 N–H and O–H groups in total. The summed E-state index contributed by atoms with van der Waals surface area (Å²) in [4.78, 5) is 15.4. The van der Waals surface area contributed by atoms with Crippen molar-refractivity contribution < 1.29 is 4.74 Å². The topological polar surface area (TPSA) is 68.3 Å². The number of hydrazone groups is 1. The molecule has 0 atom stereocenters. The molecule has 7 aliphatic rings. The number of thioether (sulfide) groups is 6. The summed E-state index contributed by atoms with van der Waals surface area (Å²) >= 11 is 15.5. The summed E-state index contributed by atoms with van der Waals surface area (Å²) < 4.78 is 7.59. The van der Waals surface area contributed by atoms with Crippen LogP contribution < -0.4 is 40.0 Å². The highest BCUT2D eigenvalue weighted by molar-refractivity contribution is 8.40. The molecule has 470 valence electrons. The Morgan fingerprint density at radius 2 is 1.06 bits per heavy atom. The van der Waals surface area contributed by atoms with Gasteiger partial charge in [-0.3, -0.25) is 15.4 Å². The Labute approximate surface area is 566 Å². The van der Waals surface area contributed by atoms with E-state index in [1.165, 1.54) is 95.6 Å². The fraction of sp³-hybridized carbons (Fsp3) is 0.250. The largest absolute Gasteiger partial charge is 0.439 e. The molecule has 90 heavy (non-hydrogen) atoms. The standard InChI is InChI=1S/2C14H13NS.C11H14N2.C11H13NO.C11H13NS.C6H10N2S2.C5H8N2S2/c1-3-13-15(2)14-11-7-5-4-6-10(11)8-9-12(14)16-13;1-3-13-15(2)12-9-8-10-6-4-5-7-11(10)14(12)16-13;1-3-11-12-9-7-5-6-8-10(9)13(11)4-2;2*1-3-11-12(4-2)9-7-5-6-8-10(9)13-11;1-4-5-8(2)7-6(9-3)10-5;1-3-4-7(2)6-5(8)9-4/h2*3-9H,1-2H3;3,5-8,12H,4H2,1-2H3;2*3,5-8H,4H2,1-2H3;4H,1-3H3;3H,1-2H3,(H,6,8). The monoisotopic (exact) mass is 1330 g/mol. The summed E-state index contributed by atoms with van der Waals surface area (Å²) in [7, 11) is 8.18. The molecule has 0 amide bonds. The highest BCUT2D eigenvalue weighted by Crippen LogP contribution is 2.50. The van der Waals surface area contributed by atoms with Gasteiger partial charge in [0.15, 0.2) is 20.3 Å². The van der Waals surface area contributed by atoms with Crippen LogP contribution in [0.15, 0.2) is 245 Å². The second kappa shape index (κ2) is 33.4. The molecule has 7 heterocycles. The lowest BCUT2D eigenvalue weighted by Gasteiger charge is -2.17. The first-order valence-corrected chi connectivity index (χ1v) is 35.9. The van der Waals surface area contributed by atoms with Crippen molar-refractivity contribution >= 4 is 147 Å². The van der Waals surface area contributed by atoms with E-state index < -0.39 is 0 Å². The van der Waals surface area contributed by atoms with Crippen molar-refractivity contribution in [2.24, 2.45) is 5.10 Å². The third kappa shape index (κ3) is 16.0. The normalized spacial score (nSPS) is 18.5. The first kappa shape index (κ1) is 69.0. The van der Waals surface area contributed by atoms with Crippen LogP contribution in [-0.4, -0.2) is 72.8 Å². The first-order chi connectivity index (χ1) is 43.7. The van der Waals surface area contributed by atoms with Gasteiger partial charge in [0.05, 0.1) is 59.3 Å². The molecule has 0 spiro atoms. The zero-order valence-electron chi connectivity index (χ0n) is 54.4. The number of benzene rings is 7. The van der Waals surface area contributed by atoms with Crippen molar-refractivity contribution in [1.29, 1.82) is 0 Å². The smallest absolute Gasteiger partial charge is 0.196 e. The second-order valence-electron chi connectivity index (χ2n) is 20.3. The Kier molecular flexibility index (Phi) is 25.6. The van der Waals surface area contributed by atoms with Crippen LogP contribution in [0.2, 0.25) is 0 Å². The molecule has 0 saturated carbocycles. The SMILES string of the molecule is CC=C1Nc2ccccc2N1CC.CC=C1Oc2ccccc2N1CC.CC=C1SC(=S)NN1C.CC=C1SC(SC)=NN1C.CC=C1Sc2c(ccc3ccccc23)N1C.CC=C1Sc2ccc3ccccc3c2N1C.CC=C1Sc2ccccc2N1CC. The van der Waals surface area contributed by atoms with Gasteiger partial charge in [0.2, 0.25) is 0 Å². The Hall–Kier alpha value is -6.90. The Balaban J connectivity index is 0.000000137. The Bertz CT molecular complexity index is 3760. The molecule has 14 rings (SSSR count). The van der Waals surface area contributed by atoms with Gasteiger partial charge in [-0.2, -0.15) is 5.10 Å². The number of nitrogens with zero attached hydrogens (tertiary/aromatic N) is 8. The Morgan fingerprint density at radius 1 is 0.489 bits per heavy atom. The quantitative estimate of drug-likeness (QED) is 0.165. The molecule has 0 aromatic heterocycles. The van der Waals surface area contributed by atoms with Crippen LogP contribution in [0.5, 0.6) is 5.75 Å². The Morgan fingerprint density at radius 3 is 1.64 bits per heavy atom. The van der Waals surface area contributed by atoms with Crippen LogP contribution in [0.4, 0.5) is 34.1 Å². The molecule has 7 aromatic rings. The van der Waals surface area contributed by atoms with E-state index in [0.29, 0.717) is 0 Å². The van der Waals surface area contributed by atoms with E-state index in [1.807, 2.05) is 117 Å². The van der Waals surface area contributed by atoms with Crippen molar-refractivity contribution in [3.63, 3.8) is 0 Å². The highest BCUT2D eigenvalue weighted by atomic mass is 32.2. The molecule has 1 fully saturated rings. The lowest BCUT2D eigenvalue weighted by Crippen LogP contribution is -2.26. The average molecular weight is 1330 g/mol. The fourth-order valence-electron chi connectivity index (χ4n) is 10.6. The number of fused-ring (bicyclic) bond motifs is 9. The van der Waals surface area contributed by atoms with Gasteiger partial charge in [0, 0.05) is 67.9 Å². The van der Waals surface area contributed by atoms with Crippen molar-refractivity contribution in [2.45, 2.75) is 83.9 Å². The van der Waals surface area contributed by atoms with E-state index in [4.69, 9.17) is 17.0 Å². The summed E-state index contributed by atoms with van der Waals surface area (Å²) in [6.45, 7) is 23.8. The van der Waals surface area contributed by atoms with Crippen LogP contribution in [0.3, 0.4) is 0 Å². The number of para-hydroxylation sites is 5. The van der Waals surface area contributed by atoms with Gasteiger partial charge >= 0.3 is 0 Å². The minimum Gasteiger partial charge on any atom is -0.439 e. The van der Waals surface area contributed by atoms with Crippen LogP contribution in [0, 0.1) is 0 Å². The molecular formula is C72H84N10OS7. The number of allylic oxidation sites excluding steroid dienone is 7. The lowest BCUT2D eigenvalue weighted by atomic mass is 10.1. The molecular weight excluding hydrogens is 1250 g/mol. The number of hydrogen-bond donors (Lipinski definition) is 2. The summed E-state index contributed by atoms with van der Waals surface area (Å²) in [5.41, 5.74) is 10.6. The maximum atomic E-state index is 5.65. The third-order valence-corrected chi connectivity index (χ3v) is 22.3. The second-order valence-corrected chi connectivity index (χ2v) is 27.2. The van der Waals surface area contributed by atoms with Gasteiger partial charge in [0.1, 0.15) is 5.82 Å². The zero-order chi connectivity index (χ0) is 64.4. The number of anilines is 6. The van der Waals surface area contributed by atoms with E-state index in [2.05, 4.69) is 261 Å². The first-order valence-electron chi connectivity index (χ1n) is 30.2. The minimum absolute atomic E-state index is 0.825. The van der Waals surface area contributed by atoms with E-state index in [-0.39, 0.29) is 0 Å². The number of hydrazine groups is 1. The summed E-state index contributed by atoms with van der Waals surface area (Å²) in [5.74, 6) is 3.07. The molecule has 0 radical (unpaired) electrons. The van der Waals surface area contributed by atoms with Gasteiger partial charge in [-0.15, -0.1) is 11.8 Å². The van der Waals surface area contributed by atoms with Crippen LogP contribution >= 0.6 is 82.8 Å². The van der Waals surface area contributed by atoms with E-state index in [9.17, 15) is 0 Å². The van der Waals surface area contributed by atoms with Gasteiger partial charge in [-0.25, -0.2) is 0 Å². The highest BCUT2D eigenvalue weighted by Gasteiger charge is 2.27. The molecule has 11 nitrogen and oxygen atoms in total. The summed E-state index contributed by atoms with van der Waals surface area (Å²) in [5, 5.41) is 23.1. The molecule has 0 unspecified atom stereocenters. The van der Waals surface area contributed by atoms with Crippen LogP contribution in [0.1, 0.15) is 69.2 Å². The summed E-state index contributed by atoms with van der Waals surface area (Å²) in [6, 6.07) is 51.0. The predicted molar refractivity (Wildman–Crippen MR) is 409 cm³/mol. The number of rotatable bonds is 3. The van der Waals surface area contributed by atoms with Crippen molar-refractivity contribution in [3.05, 3.63) is 225 Å². The number of nitrogens with one attached hydrogen (secondary N) is 2. The minimum atomic E-state index is 0.825. The van der Waals surface area contributed by atoms with Crippen molar-refractivity contribution in [2.75, 3.05) is 83.9 Å². The van der Waals surface area contributed by atoms with E-state index in [1.54, 1.807) is 35.3 Å². The zero-order valence-corrected chi connectivity index (χ0v) is 60.1. The number of ether oxygens (including phenoxy) is 1. The maximum absolute atomic E-state index is 5.65. The van der Waals surface area contributed by atoms with Gasteiger partial charge in [-0.1, -0.05) is 175 Å². The molecule has 0 bridgehead atoms. The maximum Gasteiger partial charge on any atom is 0.196 e. The average Bonchev–Trinajstić information content (AvgIpc) is 1.62. The molecule has 18 heteroatoms. The van der Waals surface area contributed by atoms with Gasteiger partial charge < -0.3 is 34.6 Å². The lowest BCUT2D eigenvalue weighted by molar-refractivity contribution is 0.413. The predicted octanol–water partition coefficient (Wildman–Crippen LogP) is 21.0. The molecule has 7 aromatic carbocycles. The molecule has 1 saturated heterocycles. The number of hydrogen-bond acceptors (Lipinski definition) is 17. The molecule has 0 aliphatic carbocycles. The van der Waals surface area contributed by atoms with Gasteiger partial charge in [0.25, 0.3) is 0 Å².